The molecule has 0 bridgehead atoms. The van der Waals surface area contributed by atoms with Gasteiger partial charge in [0.15, 0.2) is 0 Å². The van der Waals surface area contributed by atoms with E-state index in [2.05, 4.69) is 0 Å². The number of rotatable bonds is 1. The van der Waals surface area contributed by atoms with Gasteiger partial charge in [-0.2, -0.15) is 0 Å². The second-order valence-corrected chi connectivity index (χ2v) is 4.36. The van der Waals surface area contributed by atoms with Gasteiger partial charge in [0.2, 0.25) is 5.43 Å². The Morgan fingerprint density at radius 1 is 0.913 bits per heavy atom. The first-order valence-electron chi connectivity index (χ1n) is 5.83. The van der Waals surface area contributed by atoms with Crippen molar-refractivity contribution in [2.45, 2.75) is 0 Å². The third kappa shape index (κ3) is 4.12. The minimum absolute atomic E-state index is 0. The van der Waals surface area contributed by atoms with Gasteiger partial charge in [-0.05, 0) is 17.7 Å². The molecule has 0 saturated heterocycles. The Labute approximate surface area is 174 Å². The van der Waals surface area contributed by atoms with E-state index in [1.165, 1.54) is 24.5 Å². The second-order valence-electron chi connectivity index (χ2n) is 4.36. The maximum atomic E-state index is 12.4. The molecule has 23 heavy (non-hydrogen) atoms. The summed E-state index contributed by atoms with van der Waals surface area (Å²) in [5, 5.41) is 28.4. The van der Waals surface area contributed by atoms with Gasteiger partial charge < -0.3 is 32.1 Å². The fraction of sp³-hybridized carbons (Fsp3) is 0. The molecule has 0 saturated carbocycles. The fourth-order valence-corrected chi connectivity index (χ4v) is 2.06. The monoisotopic (exact) mass is 346 g/mol. The molecule has 0 amide bonds. The molecule has 118 valence electrons. The molecule has 7 nitrogen and oxygen atoms in total. The van der Waals surface area contributed by atoms with Crippen LogP contribution in [0.5, 0.6) is 17.2 Å². The minimum Gasteiger partial charge on any atom is -1.00 e. The van der Waals surface area contributed by atoms with Gasteiger partial charge in [-0.3, -0.25) is 4.79 Å². The van der Waals surface area contributed by atoms with Gasteiger partial charge in [0.1, 0.15) is 34.5 Å². The van der Waals surface area contributed by atoms with Gasteiger partial charge in [0.25, 0.3) is 0 Å². The van der Waals surface area contributed by atoms with Crippen molar-refractivity contribution >= 4 is 11.0 Å². The molecule has 3 aromatic rings. The van der Waals surface area contributed by atoms with Crippen LogP contribution in [-0.4, -0.2) is 26.3 Å². The Hall–Kier alpha value is -1.39. The number of hydrogen-bond donors (Lipinski definition) is 3. The average Bonchev–Trinajstić information content (AvgIpc) is 2.39. The third-order valence-corrected chi connectivity index (χ3v) is 3.02. The molecule has 8 heteroatoms. The fourth-order valence-electron chi connectivity index (χ4n) is 2.06. The molecule has 0 fully saturated rings. The predicted molar refractivity (Wildman–Crippen MR) is 81.3 cm³/mol. The third-order valence-electron chi connectivity index (χ3n) is 3.02. The van der Waals surface area contributed by atoms with E-state index in [0.29, 0.717) is 5.56 Å². The van der Waals surface area contributed by atoms with Crippen LogP contribution in [0, 0.1) is 0 Å². The number of aromatic hydroxyl groups is 3. The molecule has 2 aromatic carbocycles. The summed E-state index contributed by atoms with van der Waals surface area (Å²) in [7, 11) is 0. The second kappa shape index (κ2) is 8.46. The van der Waals surface area contributed by atoms with Crippen molar-refractivity contribution in [3.05, 3.63) is 52.9 Å². The Kier molecular flexibility index (Phi) is 7.94. The molecule has 7 N–H and O–H groups in total. The van der Waals surface area contributed by atoms with E-state index in [-0.39, 0.29) is 97.5 Å². The van der Waals surface area contributed by atoms with Crippen LogP contribution in [0.15, 0.2) is 51.9 Å². The summed E-state index contributed by atoms with van der Waals surface area (Å²) in [4.78, 5) is 12.4. The van der Waals surface area contributed by atoms with Gasteiger partial charge >= 0.3 is 51.4 Å². The molecule has 0 unspecified atom stereocenters. The van der Waals surface area contributed by atoms with E-state index in [1.54, 1.807) is 12.1 Å². The SMILES string of the molecule is O.O.O=c1c(-c2ccc(O)cc2)coc2cc(O)cc(O)c12.[H-].[K+]. The van der Waals surface area contributed by atoms with Crippen LogP contribution < -0.4 is 56.8 Å². The smallest absolute Gasteiger partial charge is 1.00 e. The molecule has 1 heterocycles. The molecule has 0 aliphatic heterocycles. The Morgan fingerprint density at radius 2 is 1.52 bits per heavy atom. The van der Waals surface area contributed by atoms with Gasteiger partial charge in [0.05, 0.1) is 5.56 Å². The number of benzene rings is 2. The van der Waals surface area contributed by atoms with Gasteiger partial charge in [-0.25, -0.2) is 0 Å². The minimum atomic E-state index is -0.408. The maximum Gasteiger partial charge on any atom is 1.00 e. The summed E-state index contributed by atoms with van der Waals surface area (Å²) in [6, 6.07) is 8.40. The normalized spacial score (nSPS) is 9.39. The number of phenols is 3. The van der Waals surface area contributed by atoms with Crippen LogP contribution in [0.2, 0.25) is 0 Å². The Morgan fingerprint density at radius 3 is 2.13 bits per heavy atom. The molecular weight excluding hydrogens is 331 g/mol. The van der Waals surface area contributed by atoms with Crippen molar-refractivity contribution in [1.29, 1.82) is 0 Å². The van der Waals surface area contributed by atoms with Crippen molar-refractivity contribution in [2.24, 2.45) is 0 Å². The summed E-state index contributed by atoms with van der Waals surface area (Å²) in [5.41, 5.74) is 0.522. The zero-order valence-electron chi connectivity index (χ0n) is 13.2. The van der Waals surface area contributed by atoms with Crippen molar-refractivity contribution in [3.8, 4) is 28.4 Å². The molecule has 0 radical (unpaired) electrons. The molecule has 0 aliphatic rings. The van der Waals surface area contributed by atoms with Gasteiger partial charge in [-0.15, -0.1) is 0 Å². The van der Waals surface area contributed by atoms with Crippen molar-refractivity contribution in [1.82, 2.24) is 0 Å². The van der Waals surface area contributed by atoms with Crippen LogP contribution in [0.4, 0.5) is 0 Å². The standard InChI is InChI=1S/C15H10O5.K.2H2O.H/c16-9-3-1-8(2-4-9)11-7-20-13-6-10(17)5-12(18)14(13)15(11)19;;;;/h1-7,16-18H;;2*1H2;/q;+1;;;-1. The summed E-state index contributed by atoms with van der Waals surface area (Å²) in [6.07, 6.45) is 1.26. The summed E-state index contributed by atoms with van der Waals surface area (Å²) >= 11 is 0. The summed E-state index contributed by atoms with van der Waals surface area (Å²) in [5.74, 6) is -0.434. The van der Waals surface area contributed by atoms with Gasteiger partial charge in [0, 0.05) is 12.1 Å². The van der Waals surface area contributed by atoms with E-state index < -0.39 is 5.43 Å². The van der Waals surface area contributed by atoms with Crippen LogP contribution in [0.3, 0.4) is 0 Å². The summed E-state index contributed by atoms with van der Waals surface area (Å²) in [6.45, 7) is 0. The Balaban J connectivity index is 0. The molecule has 0 spiro atoms. The number of hydrogen-bond acceptors (Lipinski definition) is 5. The zero-order chi connectivity index (χ0) is 14.3. The Bertz CT molecular complexity index is 862. The first kappa shape index (κ1) is 21.6. The van der Waals surface area contributed by atoms with Crippen LogP contribution in [0.25, 0.3) is 22.1 Å². The van der Waals surface area contributed by atoms with E-state index in [9.17, 15) is 20.1 Å². The topological polar surface area (TPSA) is 154 Å². The number of phenolic OH excluding ortho intramolecular Hbond substituents is 3. The quantitative estimate of drug-likeness (QED) is 0.437. The molecule has 3 rings (SSSR count). The van der Waals surface area contributed by atoms with Crippen molar-refractivity contribution in [2.75, 3.05) is 0 Å². The van der Waals surface area contributed by atoms with Crippen LogP contribution >= 0.6 is 0 Å². The number of fused-ring (bicyclic) bond motifs is 1. The van der Waals surface area contributed by atoms with Crippen molar-refractivity contribution in [3.63, 3.8) is 0 Å². The molecule has 0 atom stereocenters. The molecular formula is C15H15KO7. The molecule has 0 aliphatic carbocycles. The van der Waals surface area contributed by atoms with E-state index in [4.69, 9.17) is 4.42 Å². The van der Waals surface area contributed by atoms with Crippen LogP contribution in [-0.2, 0) is 0 Å². The first-order valence-corrected chi connectivity index (χ1v) is 5.83. The summed E-state index contributed by atoms with van der Waals surface area (Å²) < 4.78 is 5.29. The average molecular weight is 346 g/mol. The van der Waals surface area contributed by atoms with Gasteiger partial charge in [-0.1, -0.05) is 12.1 Å². The van der Waals surface area contributed by atoms with E-state index in [0.717, 1.165) is 6.07 Å². The van der Waals surface area contributed by atoms with E-state index in [1.807, 2.05) is 0 Å². The van der Waals surface area contributed by atoms with Crippen LogP contribution in [0.1, 0.15) is 1.43 Å². The van der Waals surface area contributed by atoms with Crippen molar-refractivity contribution < 1.29 is 83.5 Å². The zero-order valence-corrected chi connectivity index (χ0v) is 15.3. The van der Waals surface area contributed by atoms with E-state index >= 15 is 0 Å². The molecule has 1 aromatic heterocycles. The first-order chi connectivity index (χ1) is 9.56. The maximum absolute atomic E-state index is 12.4. The largest absolute Gasteiger partial charge is 1.00 e. The predicted octanol–water partition coefficient (Wildman–Crippen LogP) is -1.96.